The molecule has 31 heavy (non-hydrogen) atoms. The van der Waals surface area contributed by atoms with E-state index in [0.29, 0.717) is 36.5 Å². The van der Waals surface area contributed by atoms with Gasteiger partial charge in [-0.15, -0.1) is 0 Å². The number of nitrogens with one attached hydrogen (secondary N) is 1. The van der Waals surface area contributed by atoms with Crippen molar-refractivity contribution in [2.45, 2.75) is 31.9 Å². The summed E-state index contributed by atoms with van der Waals surface area (Å²) in [6.45, 7) is 1.26. The molecule has 0 spiro atoms. The number of hydrogen-bond donors (Lipinski definition) is 1. The SMILES string of the molecule is COc1ccc(C(=O)N2CCCC(CCC(=O)Nc3ccc(C(F)(F)F)cc3)C2)cc1. The number of halogens is 3. The predicted octanol–water partition coefficient (Wildman–Crippen LogP) is 4.99. The molecule has 2 aromatic rings. The largest absolute Gasteiger partial charge is 0.497 e. The maximum atomic E-state index is 12.7. The number of nitrogens with zero attached hydrogens (tertiary/aromatic N) is 1. The summed E-state index contributed by atoms with van der Waals surface area (Å²) in [6, 6.07) is 11.4. The third-order valence-electron chi connectivity index (χ3n) is 5.42. The molecule has 2 aromatic carbocycles. The molecule has 1 unspecified atom stereocenters. The average molecular weight is 434 g/mol. The van der Waals surface area contributed by atoms with Crippen molar-refractivity contribution in [1.82, 2.24) is 4.90 Å². The number of carbonyl (C=O) groups excluding carboxylic acids is 2. The van der Waals surface area contributed by atoms with Crippen molar-refractivity contribution in [2.75, 3.05) is 25.5 Å². The molecule has 8 heteroatoms. The molecule has 0 radical (unpaired) electrons. The Morgan fingerprint density at radius 2 is 1.77 bits per heavy atom. The second-order valence-electron chi connectivity index (χ2n) is 7.65. The van der Waals surface area contributed by atoms with Crippen LogP contribution in [0.5, 0.6) is 5.75 Å². The van der Waals surface area contributed by atoms with Crippen LogP contribution in [0.3, 0.4) is 0 Å². The highest BCUT2D eigenvalue weighted by Crippen LogP contribution is 2.30. The van der Waals surface area contributed by atoms with E-state index in [9.17, 15) is 22.8 Å². The Bertz CT molecular complexity index is 896. The van der Waals surface area contributed by atoms with E-state index in [4.69, 9.17) is 4.74 Å². The van der Waals surface area contributed by atoms with E-state index in [1.165, 1.54) is 12.1 Å². The van der Waals surface area contributed by atoms with E-state index in [-0.39, 0.29) is 24.2 Å². The molecule has 0 saturated carbocycles. The number of anilines is 1. The van der Waals surface area contributed by atoms with Crippen molar-refractivity contribution in [3.05, 3.63) is 59.7 Å². The van der Waals surface area contributed by atoms with Crippen LogP contribution in [-0.2, 0) is 11.0 Å². The number of amides is 2. The number of methoxy groups -OCH3 is 1. The van der Waals surface area contributed by atoms with Crippen molar-refractivity contribution in [3.8, 4) is 5.75 Å². The topological polar surface area (TPSA) is 58.6 Å². The molecule has 1 heterocycles. The zero-order chi connectivity index (χ0) is 22.4. The molecule has 1 atom stereocenters. The van der Waals surface area contributed by atoms with Crippen LogP contribution in [0.15, 0.2) is 48.5 Å². The zero-order valence-corrected chi connectivity index (χ0v) is 17.2. The highest BCUT2D eigenvalue weighted by molar-refractivity contribution is 5.94. The number of hydrogen-bond acceptors (Lipinski definition) is 3. The van der Waals surface area contributed by atoms with Gasteiger partial charge in [0.05, 0.1) is 12.7 Å². The van der Waals surface area contributed by atoms with E-state index in [1.54, 1.807) is 31.4 Å². The summed E-state index contributed by atoms with van der Waals surface area (Å²) < 4.78 is 43.0. The van der Waals surface area contributed by atoms with Crippen LogP contribution in [0.1, 0.15) is 41.6 Å². The fraction of sp³-hybridized carbons (Fsp3) is 0.391. The van der Waals surface area contributed by atoms with Gasteiger partial charge in [0, 0.05) is 30.8 Å². The molecule has 2 amide bonds. The summed E-state index contributed by atoms with van der Waals surface area (Å²) in [7, 11) is 1.57. The fourth-order valence-corrected chi connectivity index (χ4v) is 3.70. The van der Waals surface area contributed by atoms with Crippen molar-refractivity contribution in [1.29, 1.82) is 0 Å². The molecule has 0 aromatic heterocycles. The molecule has 166 valence electrons. The molecule has 5 nitrogen and oxygen atoms in total. The second-order valence-corrected chi connectivity index (χ2v) is 7.65. The van der Waals surface area contributed by atoms with Crippen molar-refractivity contribution >= 4 is 17.5 Å². The van der Waals surface area contributed by atoms with Gasteiger partial charge >= 0.3 is 6.18 Å². The smallest absolute Gasteiger partial charge is 0.416 e. The van der Waals surface area contributed by atoms with Gasteiger partial charge in [0.25, 0.3) is 5.91 Å². The van der Waals surface area contributed by atoms with Gasteiger partial charge in [0.1, 0.15) is 5.75 Å². The van der Waals surface area contributed by atoms with Crippen LogP contribution in [0.4, 0.5) is 18.9 Å². The van der Waals surface area contributed by atoms with Gasteiger partial charge in [-0.3, -0.25) is 9.59 Å². The standard InChI is InChI=1S/C23H25F3N2O3/c1-31-20-11-5-17(6-12-20)22(30)28-14-2-3-16(15-28)4-13-21(29)27-19-9-7-18(8-10-19)23(24,25)26/h5-12,16H,2-4,13-15H2,1H3,(H,27,29). The quantitative estimate of drug-likeness (QED) is 0.697. The number of alkyl halides is 3. The van der Waals surface area contributed by atoms with E-state index in [0.717, 1.165) is 25.0 Å². The highest BCUT2D eigenvalue weighted by Gasteiger charge is 2.30. The van der Waals surface area contributed by atoms with Crippen molar-refractivity contribution < 1.29 is 27.5 Å². The minimum Gasteiger partial charge on any atom is -0.497 e. The Labute approximate surface area is 179 Å². The monoisotopic (exact) mass is 434 g/mol. The Morgan fingerprint density at radius 3 is 2.39 bits per heavy atom. The first-order valence-corrected chi connectivity index (χ1v) is 10.2. The van der Waals surface area contributed by atoms with Gasteiger partial charge in [-0.1, -0.05) is 0 Å². The third-order valence-corrected chi connectivity index (χ3v) is 5.42. The molecule has 1 saturated heterocycles. The number of likely N-dealkylation sites (tertiary alicyclic amines) is 1. The average Bonchev–Trinajstić information content (AvgIpc) is 2.77. The van der Waals surface area contributed by atoms with E-state index in [2.05, 4.69) is 5.32 Å². The Morgan fingerprint density at radius 1 is 1.10 bits per heavy atom. The lowest BCUT2D eigenvalue weighted by molar-refractivity contribution is -0.137. The summed E-state index contributed by atoms with van der Waals surface area (Å²) in [4.78, 5) is 26.8. The number of piperidine rings is 1. The van der Waals surface area contributed by atoms with Crippen molar-refractivity contribution in [2.24, 2.45) is 5.92 Å². The lowest BCUT2D eigenvalue weighted by Crippen LogP contribution is -2.40. The summed E-state index contributed by atoms with van der Waals surface area (Å²) in [6.07, 6.45) is -1.75. The first-order chi connectivity index (χ1) is 14.8. The Balaban J connectivity index is 1.48. The molecule has 3 rings (SSSR count). The number of carbonyl (C=O) groups is 2. The molecule has 0 bridgehead atoms. The summed E-state index contributed by atoms with van der Waals surface area (Å²) in [5.74, 6) is 0.598. The minimum atomic E-state index is -4.40. The maximum absolute atomic E-state index is 12.7. The minimum absolute atomic E-state index is 0.0402. The van der Waals surface area contributed by atoms with Gasteiger partial charge in [0.15, 0.2) is 0 Å². The van der Waals surface area contributed by atoms with Crippen LogP contribution in [0.2, 0.25) is 0 Å². The Hall–Kier alpha value is -3.03. The van der Waals surface area contributed by atoms with E-state index < -0.39 is 11.7 Å². The molecule has 0 aliphatic carbocycles. The van der Waals surface area contributed by atoms with E-state index >= 15 is 0 Å². The first-order valence-electron chi connectivity index (χ1n) is 10.2. The maximum Gasteiger partial charge on any atom is 0.416 e. The van der Waals surface area contributed by atoms with Crippen molar-refractivity contribution in [3.63, 3.8) is 0 Å². The highest BCUT2D eigenvalue weighted by atomic mass is 19.4. The van der Waals surface area contributed by atoms with Crippen LogP contribution in [0.25, 0.3) is 0 Å². The van der Waals surface area contributed by atoms with Crippen LogP contribution in [0, 0.1) is 5.92 Å². The molecular weight excluding hydrogens is 409 g/mol. The van der Waals surface area contributed by atoms with Gasteiger partial charge in [0.2, 0.25) is 5.91 Å². The molecule has 1 aliphatic heterocycles. The number of rotatable bonds is 6. The summed E-state index contributed by atoms with van der Waals surface area (Å²) in [5.41, 5.74) is 0.175. The lowest BCUT2D eigenvalue weighted by Gasteiger charge is -2.33. The third kappa shape index (κ3) is 6.23. The van der Waals surface area contributed by atoms with Crippen LogP contribution < -0.4 is 10.1 Å². The first kappa shape index (κ1) is 22.7. The van der Waals surface area contributed by atoms with Gasteiger partial charge in [-0.05, 0) is 73.7 Å². The van der Waals surface area contributed by atoms with Crippen LogP contribution in [-0.4, -0.2) is 36.9 Å². The summed E-state index contributed by atoms with van der Waals surface area (Å²) >= 11 is 0. The number of benzene rings is 2. The molecule has 1 aliphatic rings. The predicted molar refractivity (Wildman–Crippen MR) is 111 cm³/mol. The zero-order valence-electron chi connectivity index (χ0n) is 17.2. The van der Waals surface area contributed by atoms with Crippen LogP contribution >= 0.6 is 0 Å². The van der Waals surface area contributed by atoms with E-state index in [1.807, 2.05) is 4.90 Å². The normalized spacial score (nSPS) is 16.6. The Kier molecular flexibility index (Phi) is 7.20. The van der Waals surface area contributed by atoms with Gasteiger partial charge < -0.3 is 15.0 Å². The molecule has 1 fully saturated rings. The molecular formula is C23H25F3N2O3. The van der Waals surface area contributed by atoms with Gasteiger partial charge in [-0.25, -0.2) is 0 Å². The van der Waals surface area contributed by atoms with Gasteiger partial charge in [-0.2, -0.15) is 13.2 Å². The molecule has 1 N–H and O–H groups in total. The summed E-state index contributed by atoms with van der Waals surface area (Å²) in [5, 5.41) is 2.63. The lowest BCUT2D eigenvalue weighted by atomic mass is 9.92. The second kappa shape index (κ2) is 9.85. The fourth-order valence-electron chi connectivity index (χ4n) is 3.70. The number of ether oxygens (including phenoxy) is 1.